The summed E-state index contributed by atoms with van der Waals surface area (Å²) in [5.74, 6) is -1.43. The Balaban J connectivity index is 1.91. The third-order valence-electron chi connectivity index (χ3n) is 5.90. The first-order valence-corrected chi connectivity index (χ1v) is 10.6. The van der Waals surface area contributed by atoms with Gasteiger partial charge < -0.3 is 15.2 Å². The average Bonchev–Trinajstić information content (AvgIpc) is 3.55. The number of ketones is 1. The predicted octanol–water partition coefficient (Wildman–Crippen LogP) is 4.15. The van der Waals surface area contributed by atoms with Gasteiger partial charge in [0.2, 0.25) is 5.91 Å². The third-order valence-corrected chi connectivity index (χ3v) is 5.90. The second kappa shape index (κ2) is 8.15. The maximum atomic E-state index is 13.4. The van der Waals surface area contributed by atoms with E-state index in [4.69, 9.17) is 4.74 Å². The molecule has 7 heteroatoms. The van der Waals surface area contributed by atoms with Crippen molar-refractivity contribution in [3.63, 3.8) is 0 Å². The fourth-order valence-corrected chi connectivity index (χ4v) is 4.26. The Hall–Kier alpha value is -3.61. The molecule has 1 atom stereocenters. The van der Waals surface area contributed by atoms with Crippen LogP contribution in [0.4, 0.5) is 11.4 Å². The van der Waals surface area contributed by atoms with Crippen LogP contribution in [0, 0.1) is 19.8 Å². The van der Waals surface area contributed by atoms with E-state index in [-0.39, 0.29) is 23.2 Å². The van der Waals surface area contributed by atoms with Gasteiger partial charge in [0.05, 0.1) is 24.4 Å². The number of nitrogens with zero attached hydrogens (tertiary/aromatic N) is 1. The lowest BCUT2D eigenvalue weighted by molar-refractivity contribution is -0.118. The smallest absolute Gasteiger partial charge is 0.294 e. The first-order valence-electron chi connectivity index (χ1n) is 10.6. The summed E-state index contributed by atoms with van der Waals surface area (Å²) in [6.07, 6.45) is 1.51. The molecule has 2 aliphatic rings. The van der Waals surface area contributed by atoms with Gasteiger partial charge in [-0.2, -0.15) is 0 Å². The minimum Gasteiger partial charge on any atom is -0.503 e. The van der Waals surface area contributed by atoms with Gasteiger partial charge in [-0.15, -0.1) is 0 Å². The zero-order valence-electron chi connectivity index (χ0n) is 18.6. The number of carbonyl (C=O) groups excluding carboxylic acids is 3. The molecule has 0 saturated heterocycles. The Morgan fingerprint density at radius 2 is 1.84 bits per heavy atom. The molecule has 4 rings (SSSR count). The number of aliphatic hydroxyl groups excluding tert-OH is 1. The fourth-order valence-electron chi connectivity index (χ4n) is 4.26. The van der Waals surface area contributed by atoms with Gasteiger partial charge >= 0.3 is 0 Å². The van der Waals surface area contributed by atoms with E-state index in [1.165, 1.54) is 18.9 Å². The third kappa shape index (κ3) is 3.75. The summed E-state index contributed by atoms with van der Waals surface area (Å²) >= 11 is 0. The molecule has 2 amide bonds. The van der Waals surface area contributed by atoms with Crippen molar-refractivity contribution in [1.29, 1.82) is 0 Å². The highest BCUT2D eigenvalue weighted by Crippen LogP contribution is 2.48. The molecule has 2 aromatic rings. The van der Waals surface area contributed by atoms with Crippen LogP contribution < -0.4 is 15.0 Å². The SMILES string of the molecule is COc1ccc(NC(C)=O)cc1N1C(=O)C(O)=C(C(=O)C2CC2)[C@@H]1c1ccc(C)cc1C. The summed E-state index contributed by atoms with van der Waals surface area (Å²) in [6, 6.07) is 9.93. The van der Waals surface area contributed by atoms with Crippen LogP contribution >= 0.6 is 0 Å². The molecule has 1 fully saturated rings. The number of aryl methyl sites for hydroxylation is 2. The average molecular weight is 434 g/mol. The van der Waals surface area contributed by atoms with Gasteiger partial charge in [-0.1, -0.05) is 23.8 Å². The molecule has 1 aliphatic heterocycles. The quantitative estimate of drug-likeness (QED) is 0.712. The molecule has 1 heterocycles. The molecule has 2 N–H and O–H groups in total. The van der Waals surface area contributed by atoms with Crippen molar-refractivity contribution in [3.05, 3.63) is 64.4 Å². The van der Waals surface area contributed by atoms with E-state index >= 15 is 0 Å². The first-order chi connectivity index (χ1) is 15.2. The Kier molecular flexibility index (Phi) is 5.50. The van der Waals surface area contributed by atoms with Crippen molar-refractivity contribution >= 4 is 29.0 Å². The molecule has 166 valence electrons. The molecule has 32 heavy (non-hydrogen) atoms. The topological polar surface area (TPSA) is 95.9 Å². The van der Waals surface area contributed by atoms with Gasteiger partial charge in [-0.05, 0) is 56.0 Å². The lowest BCUT2D eigenvalue weighted by Gasteiger charge is -2.29. The number of nitrogens with one attached hydrogen (secondary N) is 1. The van der Waals surface area contributed by atoms with Gasteiger partial charge in [-0.3, -0.25) is 19.3 Å². The highest BCUT2D eigenvalue weighted by molar-refractivity contribution is 6.18. The van der Waals surface area contributed by atoms with Crippen LogP contribution in [0.5, 0.6) is 5.75 Å². The number of hydrogen-bond donors (Lipinski definition) is 2. The fraction of sp³-hybridized carbons (Fsp3) is 0.320. The number of anilines is 2. The standard InChI is InChI=1S/C25H26N2O5/c1-13-5-9-18(14(2)11-13)22-21(23(29)16-6-7-16)24(30)25(31)27(22)19-12-17(26-15(3)28)8-10-20(19)32-4/h5,8-12,16,22,30H,6-7H2,1-4H3,(H,26,28)/t22-/m0/s1. The Bertz CT molecular complexity index is 1160. The van der Waals surface area contributed by atoms with E-state index in [2.05, 4.69) is 5.32 Å². The van der Waals surface area contributed by atoms with Crippen molar-refractivity contribution in [1.82, 2.24) is 0 Å². The number of aliphatic hydroxyl groups is 1. The first kappa shape index (κ1) is 21.6. The number of ether oxygens (including phenoxy) is 1. The predicted molar refractivity (Wildman–Crippen MR) is 121 cm³/mol. The summed E-state index contributed by atoms with van der Waals surface area (Å²) in [6.45, 7) is 5.28. The van der Waals surface area contributed by atoms with Crippen molar-refractivity contribution in [2.24, 2.45) is 5.92 Å². The zero-order valence-corrected chi connectivity index (χ0v) is 18.6. The van der Waals surface area contributed by atoms with Crippen LogP contribution in [-0.2, 0) is 14.4 Å². The van der Waals surface area contributed by atoms with Gasteiger partial charge in [0, 0.05) is 18.5 Å². The summed E-state index contributed by atoms with van der Waals surface area (Å²) in [5.41, 5.74) is 3.66. The van der Waals surface area contributed by atoms with Gasteiger partial charge in [0.25, 0.3) is 5.91 Å². The summed E-state index contributed by atoms with van der Waals surface area (Å²) in [5, 5.41) is 13.6. The van der Waals surface area contributed by atoms with Gasteiger partial charge in [0.15, 0.2) is 11.5 Å². The van der Waals surface area contributed by atoms with Crippen molar-refractivity contribution in [2.45, 2.75) is 39.7 Å². The number of hydrogen-bond acceptors (Lipinski definition) is 5. The number of rotatable bonds is 6. The lowest BCUT2D eigenvalue weighted by Crippen LogP contribution is -2.32. The monoisotopic (exact) mass is 434 g/mol. The summed E-state index contributed by atoms with van der Waals surface area (Å²) in [7, 11) is 1.48. The minimum absolute atomic E-state index is 0.122. The number of amides is 2. The molecule has 0 radical (unpaired) electrons. The molecule has 1 aliphatic carbocycles. The maximum absolute atomic E-state index is 13.4. The summed E-state index contributed by atoms with van der Waals surface area (Å²) in [4.78, 5) is 39.5. The van der Waals surface area contributed by atoms with E-state index in [1.54, 1.807) is 18.2 Å². The molecule has 1 saturated carbocycles. The normalized spacial score (nSPS) is 18.2. The molecule has 0 unspecified atom stereocenters. The van der Waals surface area contributed by atoms with Crippen LogP contribution in [0.1, 0.15) is 42.5 Å². The van der Waals surface area contributed by atoms with Crippen LogP contribution in [0.15, 0.2) is 47.7 Å². The van der Waals surface area contributed by atoms with Crippen LogP contribution in [0.2, 0.25) is 0 Å². The molecule has 7 nitrogen and oxygen atoms in total. The molecule has 0 bridgehead atoms. The number of methoxy groups -OCH3 is 1. The molecule has 0 aromatic heterocycles. The van der Waals surface area contributed by atoms with Gasteiger partial charge in [-0.25, -0.2) is 0 Å². The zero-order chi connectivity index (χ0) is 23.2. The Morgan fingerprint density at radius 3 is 2.44 bits per heavy atom. The van der Waals surface area contributed by atoms with Crippen LogP contribution in [-0.4, -0.2) is 29.8 Å². The van der Waals surface area contributed by atoms with Crippen molar-refractivity contribution < 1.29 is 24.2 Å². The lowest BCUT2D eigenvalue weighted by atomic mass is 9.90. The van der Waals surface area contributed by atoms with E-state index in [0.717, 1.165) is 29.5 Å². The van der Waals surface area contributed by atoms with E-state index in [9.17, 15) is 19.5 Å². The maximum Gasteiger partial charge on any atom is 0.294 e. The van der Waals surface area contributed by atoms with E-state index in [0.29, 0.717) is 17.1 Å². The number of carbonyl (C=O) groups is 3. The molecular weight excluding hydrogens is 408 g/mol. The minimum atomic E-state index is -0.794. The highest BCUT2D eigenvalue weighted by Gasteiger charge is 2.48. The highest BCUT2D eigenvalue weighted by atomic mass is 16.5. The molecule has 0 spiro atoms. The Morgan fingerprint density at radius 1 is 1.12 bits per heavy atom. The van der Waals surface area contributed by atoms with E-state index < -0.39 is 17.7 Å². The van der Waals surface area contributed by atoms with Crippen LogP contribution in [0.3, 0.4) is 0 Å². The number of benzene rings is 2. The van der Waals surface area contributed by atoms with Crippen LogP contribution in [0.25, 0.3) is 0 Å². The van der Waals surface area contributed by atoms with Gasteiger partial charge in [0.1, 0.15) is 5.75 Å². The summed E-state index contributed by atoms with van der Waals surface area (Å²) < 4.78 is 5.50. The molecular formula is C25H26N2O5. The second-order valence-corrected chi connectivity index (χ2v) is 8.41. The van der Waals surface area contributed by atoms with E-state index in [1.807, 2.05) is 32.0 Å². The second-order valence-electron chi connectivity index (χ2n) is 8.41. The number of Topliss-reactive ketones (excluding diaryl/α,β-unsaturated/α-hetero) is 1. The van der Waals surface area contributed by atoms with Crippen molar-refractivity contribution in [3.8, 4) is 5.75 Å². The molecule has 2 aromatic carbocycles. The largest absolute Gasteiger partial charge is 0.503 e. The van der Waals surface area contributed by atoms with Crippen molar-refractivity contribution in [2.75, 3.05) is 17.3 Å². The Labute approximate surface area is 186 Å².